The van der Waals surface area contributed by atoms with Gasteiger partial charge in [0.05, 0.1) is 0 Å². The van der Waals surface area contributed by atoms with E-state index in [9.17, 15) is 9.59 Å². The van der Waals surface area contributed by atoms with Crippen LogP contribution in [0.3, 0.4) is 0 Å². The summed E-state index contributed by atoms with van der Waals surface area (Å²) in [5.74, 6) is -0.379. The van der Waals surface area contributed by atoms with Crippen molar-refractivity contribution in [2.24, 2.45) is 5.92 Å². The van der Waals surface area contributed by atoms with Crippen molar-refractivity contribution in [2.75, 3.05) is 19.6 Å². The van der Waals surface area contributed by atoms with Crippen LogP contribution in [0.15, 0.2) is 35.9 Å². The van der Waals surface area contributed by atoms with Crippen LogP contribution in [-0.4, -0.2) is 48.4 Å². The average molecular weight is 406 g/mol. The Bertz CT molecular complexity index is 688. The highest BCUT2D eigenvalue weighted by Crippen LogP contribution is 2.13. The van der Waals surface area contributed by atoms with Crippen LogP contribution < -0.4 is 10.6 Å². The van der Waals surface area contributed by atoms with Gasteiger partial charge in [-0.1, -0.05) is 37.1 Å². The fraction of sp³-hybridized carbons (Fsp3) is 0.545. The van der Waals surface area contributed by atoms with Crippen LogP contribution >= 0.6 is 11.6 Å². The van der Waals surface area contributed by atoms with E-state index in [2.05, 4.69) is 35.5 Å². The Balaban J connectivity index is 1.88. The van der Waals surface area contributed by atoms with E-state index < -0.39 is 6.04 Å². The summed E-state index contributed by atoms with van der Waals surface area (Å²) in [6.45, 7) is 11.0. The zero-order valence-corrected chi connectivity index (χ0v) is 18.1. The van der Waals surface area contributed by atoms with E-state index in [1.54, 1.807) is 24.3 Å². The van der Waals surface area contributed by atoms with Gasteiger partial charge in [0, 0.05) is 36.3 Å². The summed E-state index contributed by atoms with van der Waals surface area (Å²) < 4.78 is 0. The second-order valence-corrected chi connectivity index (χ2v) is 8.50. The quantitative estimate of drug-likeness (QED) is 0.681. The first-order valence-electron chi connectivity index (χ1n) is 9.98. The summed E-state index contributed by atoms with van der Waals surface area (Å²) in [6.07, 6.45) is 4.09. The number of nitrogens with one attached hydrogen (secondary N) is 2. The first-order valence-corrected chi connectivity index (χ1v) is 10.4. The van der Waals surface area contributed by atoms with Crippen LogP contribution in [0.1, 0.15) is 50.9 Å². The molecule has 0 radical (unpaired) electrons. The van der Waals surface area contributed by atoms with Crippen molar-refractivity contribution in [1.82, 2.24) is 15.5 Å². The first kappa shape index (κ1) is 22.4. The number of allylic oxidation sites excluding steroid dienone is 1. The van der Waals surface area contributed by atoms with Crippen LogP contribution in [0.4, 0.5) is 0 Å². The molecule has 0 spiro atoms. The Morgan fingerprint density at radius 1 is 1.18 bits per heavy atom. The molecule has 154 valence electrons. The third-order valence-corrected chi connectivity index (χ3v) is 5.29. The van der Waals surface area contributed by atoms with Crippen molar-refractivity contribution >= 4 is 23.4 Å². The van der Waals surface area contributed by atoms with Gasteiger partial charge in [0.15, 0.2) is 0 Å². The summed E-state index contributed by atoms with van der Waals surface area (Å²) in [4.78, 5) is 27.7. The van der Waals surface area contributed by atoms with Crippen LogP contribution in [0.25, 0.3) is 0 Å². The van der Waals surface area contributed by atoms with Gasteiger partial charge in [-0.25, -0.2) is 0 Å². The predicted molar refractivity (Wildman–Crippen MR) is 115 cm³/mol. The Morgan fingerprint density at radius 3 is 2.32 bits per heavy atom. The van der Waals surface area contributed by atoms with Gasteiger partial charge in [-0.05, 0) is 56.9 Å². The number of benzene rings is 1. The fourth-order valence-corrected chi connectivity index (χ4v) is 3.35. The molecule has 1 aromatic carbocycles. The molecule has 2 rings (SSSR count). The van der Waals surface area contributed by atoms with Gasteiger partial charge >= 0.3 is 0 Å². The number of carbonyl (C=O) groups is 2. The summed E-state index contributed by atoms with van der Waals surface area (Å²) >= 11 is 5.87. The molecule has 0 saturated carbocycles. The minimum atomic E-state index is -0.563. The lowest BCUT2D eigenvalue weighted by Crippen LogP contribution is -2.54. The Kier molecular flexibility index (Phi) is 8.52. The van der Waals surface area contributed by atoms with Gasteiger partial charge < -0.3 is 10.6 Å². The van der Waals surface area contributed by atoms with Crippen molar-refractivity contribution in [3.8, 4) is 0 Å². The van der Waals surface area contributed by atoms with Gasteiger partial charge in [-0.3, -0.25) is 14.5 Å². The van der Waals surface area contributed by atoms with Gasteiger partial charge in [0.2, 0.25) is 5.91 Å². The van der Waals surface area contributed by atoms with E-state index in [0.717, 1.165) is 32.5 Å². The normalized spacial score (nSPS) is 16.5. The number of likely N-dealkylation sites (tertiary alicyclic amines) is 1. The maximum Gasteiger partial charge on any atom is 0.251 e. The van der Waals surface area contributed by atoms with Crippen LogP contribution in [0.5, 0.6) is 0 Å². The number of rotatable bonds is 7. The molecular weight excluding hydrogens is 374 g/mol. The summed E-state index contributed by atoms with van der Waals surface area (Å²) in [7, 11) is 0. The molecule has 1 aromatic rings. The van der Waals surface area contributed by atoms with E-state index in [1.807, 2.05) is 13.8 Å². The number of amides is 2. The molecule has 6 heteroatoms. The SMILES string of the molecule is CC(C)=CCN1CCC(NC(=O)C(NC(=O)c2ccc(Cl)cc2)C(C)C)CC1. The number of nitrogens with zero attached hydrogens (tertiary/aromatic N) is 1. The number of hydrogen-bond acceptors (Lipinski definition) is 3. The highest BCUT2D eigenvalue weighted by Gasteiger charge is 2.28. The molecule has 0 aromatic heterocycles. The Hall–Kier alpha value is -1.85. The number of hydrogen-bond donors (Lipinski definition) is 2. The van der Waals surface area contributed by atoms with E-state index in [1.165, 1.54) is 5.57 Å². The molecule has 1 unspecified atom stereocenters. The monoisotopic (exact) mass is 405 g/mol. The molecule has 2 amide bonds. The lowest BCUT2D eigenvalue weighted by molar-refractivity contribution is -0.125. The van der Waals surface area contributed by atoms with Crippen molar-refractivity contribution in [1.29, 1.82) is 0 Å². The van der Waals surface area contributed by atoms with Crippen molar-refractivity contribution in [2.45, 2.75) is 52.6 Å². The van der Waals surface area contributed by atoms with Crippen molar-refractivity contribution in [3.63, 3.8) is 0 Å². The van der Waals surface area contributed by atoms with E-state index in [-0.39, 0.29) is 23.8 Å². The van der Waals surface area contributed by atoms with Crippen LogP contribution in [-0.2, 0) is 4.79 Å². The molecule has 1 atom stereocenters. The van der Waals surface area contributed by atoms with Crippen LogP contribution in [0, 0.1) is 5.92 Å². The average Bonchev–Trinajstić information content (AvgIpc) is 2.65. The first-order chi connectivity index (χ1) is 13.3. The number of piperidine rings is 1. The Morgan fingerprint density at radius 2 is 1.79 bits per heavy atom. The summed E-state index contributed by atoms with van der Waals surface area (Å²) in [6, 6.07) is 6.26. The lowest BCUT2D eigenvalue weighted by Gasteiger charge is -2.33. The lowest BCUT2D eigenvalue weighted by atomic mass is 10.00. The second kappa shape index (κ2) is 10.6. The minimum absolute atomic E-state index is 0.00555. The third kappa shape index (κ3) is 6.95. The molecule has 2 N–H and O–H groups in total. The maximum atomic E-state index is 12.8. The van der Waals surface area contributed by atoms with E-state index in [0.29, 0.717) is 10.6 Å². The number of halogens is 1. The van der Waals surface area contributed by atoms with E-state index >= 15 is 0 Å². The number of carbonyl (C=O) groups excluding carboxylic acids is 2. The largest absolute Gasteiger partial charge is 0.351 e. The molecule has 1 fully saturated rings. The zero-order valence-electron chi connectivity index (χ0n) is 17.3. The van der Waals surface area contributed by atoms with Crippen molar-refractivity contribution in [3.05, 3.63) is 46.5 Å². The predicted octanol–water partition coefficient (Wildman–Crippen LogP) is 3.64. The highest BCUT2D eigenvalue weighted by molar-refractivity contribution is 6.30. The second-order valence-electron chi connectivity index (χ2n) is 8.07. The molecule has 28 heavy (non-hydrogen) atoms. The molecule has 0 bridgehead atoms. The van der Waals surface area contributed by atoms with Gasteiger partial charge in [0.1, 0.15) is 6.04 Å². The smallest absolute Gasteiger partial charge is 0.251 e. The third-order valence-electron chi connectivity index (χ3n) is 5.03. The molecular formula is C22H32ClN3O2. The molecule has 0 aliphatic carbocycles. The maximum absolute atomic E-state index is 12.8. The topological polar surface area (TPSA) is 61.4 Å². The van der Waals surface area contributed by atoms with Gasteiger partial charge in [-0.2, -0.15) is 0 Å². The van der Waals surface area contributed by atoms with Crippen molar-refractivity contribution < 1.29 is 9.59 Å². The molecule has 1 saturated heterocycles. The van der Waals surface area contributed by atoms with Gasteiger partial charge in [-0.15, -0.1) is 0 Å². The van der Waals surface area contributed by atoms with E-state index in [4.69, 9.17) is 11.6 Å². The Labute approximate surface area is 173 Å². The molecule has 1 aliphatic rings. The molecule has 1 heterocycles. The highest BCUT2D eigenvalue weighted by atomic mass is 35.5. The molecule has 5 nitrogen and oxygen atoms in total. The van der Waals surface area contributed by atoms with Gasteiger partial charge in [0.25, 0.3) is 5.91 Å². The standard InChI is InChI=1S/C22H32ClN3O2/c1-15(2)9-12-26-13-10-19(11-14-26)24-22(28)20(16(3)4)25-21(27)17-5-7-18(23)8-6-17/h5-9,16,19-20H,10-14H2,1-4H3,(H,24,28)(H,25,27). The fourth-order valence-electron chi connectivity index (χ4n) is 3.22. The zero-order chi connectivity index (χ0) is 20.7. The summed E-state index contributed by atoms with van der Waals surface area (Å²) in [5, 5.41) is 6.58. The van der Waals surface area contributed by atoms with Crippen LogP contribution in [0.2, 0.25) is 5.02 Å². The molecule has 1 aliphatic heterocycles. The summed E-state index contributed by atoms with van der Waals surface area (Å²) in [5.41, 5.74) is 1.82. The minimum Gasteiger partial charge on any atom is -0.351 e.